The topological polar surface area (TPSA) is 97.0 Å². The minimum absolute atomic E-state index is 0.0475. The van der Waals surface area contributed by atoms with Gasteiger partial charge in [0, 0.05) is 18.5 Å². The molecule has 2 fully saturated rings. The summed E-state index contributed by atoms with van der Waals surface area (Å²) in [6.07, 6.45) is 3.26. The maximum absolute atomic E-state index is 12.6. The Kier molecular flexibility index (Phi) is 5.76. The van der Waals surface area contributed by atoms with E-state index in [0.717, 1.165) is 18.4 Å². The van der Waals surface area contributed by atoms with Crippen LogP contribution in [0.15, 0.2) is 18.2 Å². The number of ether oxygens (including phenoxy) is 2. The molecule has 1 spiro atoms. The maximum Gasteiger partial charge on any atom is 0.325 e. The molecule has 0 aromatic heterocycles. The number of imide groups is 1. The molecule has 0 unspecified atom stereocenters. The number of hydrogen-bond acceptors (Lipinski definition) is 5. The zero-order chi connectivity index (χ0) is 20.3. The molecular formula is C20H27N3O5. The van der Waals surface area contributed by atoms with Gasteiger partial charge in [-0.25, -0.2) is 4.79 Å². The Hall–Kier alpha value is -2.77. The maximum atomic E-state index is 12.6. The van der Waals surface area contributed by atoms with Crippen molar-refractivity contribution in [2.24, 2.45) is 0 Å². The highest BCUT2D eigenvalue weighted by atomic mass is 16.5. The van der Waals surface area contributed by atoms with E-state index in [1.54, 1.807) is 26.4 Å². The van der Waals surface area contributed by atoms with Gasteiger partial charge in [0.05, 0.1) is 20.3 Å². The lowest BCUT2D eigenvalue weighted by atomic mass is 9.98. The Morgan fingerprint density at radius 3 is 2.61 bits per heavy atom. The summed E-state index contributed by atoms with van der Waals surface area (Å²) in [5, 5.41) is 5.72. The van der Waals surface area contributed by atoms with Gasteiger partial charge in [0.15, 0.2) is 0 Å². The molecule has 1 aliphatic heterocycles. The summed E-state index contributed by atoms with van der Waals surface area (Å²) in [6, 6.07) is 4.66. The predicted octanol–water partition coefficient (Wildman–Crippen LogP) is 2.14. The molecule has 1 aliphatic carbocycles. The van der Waals surface area contributed by atoms with E-state index in [1.165, 1.54) is 4.90 Å². The van der Waals surface area contributed by atoms with Gasteiger partial charge in [-0.15, -0.1) is 0 Å². The van der Waals surface area contributed by atoms with Crippen LogP contribution in [0.4, 0.5) is 4.79 Å². The summed E-state index contributed by atoms with van der Waals surface area (Å²) in [4.78, 5) is 38.4. The van der Waals surface area contributed by atoms with E-state index < -0.39 is 11.6 Å². The lowest BCUT2D eigenvalue weighted by Gasteiger charge is -2.20. The Balaban J connectivity index is 1.59. The van der Waals surface area contributed by atoms with Gasteiger partial charge in [-0.3, -0.25) is 14.5 Å². The third-order valence-electron chi connectivity index (χ3n) is 5.55. The average molecular weight is 389 g/mol. The minimum atomic E-state index is -0.741. The Labute approximate surface area is 164 Å². The third kappa shape index (κ3) is 3.76. The fourth-order valence-corrected chi connectivity index (χ4v) is 3.98. The number of rotatable bonds is 7. The number of nitrogens with one attached hydrogen (secondary N) is 2. The van der Waals surface area contributed by atoms with Crippen LogP contribution >= 0.6 is 0 Å². The lowest BCUT2D eigenvalue weighted by Crippen LogP contribution is -2.44. The monoisotopic (exact) mass is 389 g/mol. The molecule has 1 aromatic carbocycles. The molecular weight excluding hydrogens is 362 g/mol. The molecule has 8 nitrogen and oxygen atoms in total. The van der Waals surface area contributed by atoms with E-state index in [1.807, 2.05) is 13.0 Å². The van der Waals surface area contributed by atoms with E-state index in [4.69, 9.17) is 9.47 Å². The van der Waals surface area contributed by atoms with E-state index in [9.17, 15) is 14.4 Å². The number of amides is 4. The molecule has 1 atom stereocenters. The minimum Gasteiger partial charge on any atom is -0.497 e. The molecule has 0 radical (unpaired) electrons. The van der Waals surface area contributed by atoms with E-state index in [0.29, 0.717) is 24.3 Å². The molecule has 0 bridgehead atoms. The summed E-state index contributed by atoms with van der Waals surface area (Å²) in [7, 11) is 3.14. The van der Waals surface area contributed by atoms with Gasteiger partial charge >= 0.3 is 6.03 Å². The Bertz CT molecular complexity index is 773. The van der Waals surface area contributed by atoms with Crippen molar-refractivity contribution >= 4 is 17.8 Å². The standard InChI is InChI=1S/C20H27N3O5/c1-13(15-12-14(27-2)6-7-16(15)28-3)21-17(24)8-11-23-18(25)20(22-19(23)26)9-4-5-10-20/h6-7,12-13H,4-5,8-11H2,1-3H3,(H,21,24)(H,22,26)/t13-/m0/s1. The van der Waals surface area contributed by atoms with Gasteiger partial charge in [0.1, 0.15) is 17.0 Å². The van der Waals surface area contributed by atoms with Gasteiger partial charge in [-0.2, -0.15) is 0 Å². The van der Waals surface area contributed by atoms with E-state index in [-0.39, 0.29) is 30.8 Å². The highest BCUT2D eigenvalue weighted by molar-refractivity contribution is 6.07. The van der Waals surface area contributed by atoms with Crippen molar-refractivity contribution in [1.29, 1.82) is 0 Å². The summed E-state index contributed by atoms with van der Waals surface area (Å²) < 4.78 is 10.6. The van der Waals surface area contributed by atoms with Crippen molar-refractivity contribution in [3.63, 3.8) is 0 Å². The highest BCUT2D eigenvalue weighted by Crippen LogP contribution is 2.35. The number of methoxy groups -OCH3 is 2. The molecule has 8 heteroatoms. The number of carbonyl (C=O) groups is 3. The number of benzene rings is 1. The van der Waals surface area contributed by atoms with Gasteiger partial charge in [0.25, 0.3) is 5.91 Å². The van der Waals surface area contributed by atoms with Crippen LogP contribution in [0.25, 0.3) is 0 Å². The van der Waals surface area contributed by atoms with Crippen molar-refractivity contribution in [3.05, 3.63) is 23.8 Å². The molecule has 1 heterocycles. The predicted molar refractivity (Wildman–Crippen MR) is 102 cm³/mol. The van der Waals surface area contributed by atoms with Crippen molar-refractivity contribution in [2.45, 2.75) is 50.6 Å². The van der Waals surface area contributed by atoms with E-state index >= 15 is 0 Å². The van der Waals surface area contributed by atoms with Crippen molar-refractivity contribution < 1.29 is 23.9 Å². The van der Waals surface area contributed by atoms with Crippen LogP contribution in [0.5, 0.6) is 11.5 Å². The summed E-state index contributed by atoms with van der Waals surface area (Å²) in [6.45, 7) is 1.91. The van der Waals surface area contributed by atoms with Crippen LogP contribution in [0.3, 0.4) is 0 Å². The largest absolute Gasteiger partial charge is 0.497 e. The molecule has 1 saturated carbocycles. The van der Waals surface area contributed by atoms with Crippen LogP contribution in [-0.2, 0) is 9.59 Å². The van der Waals surface area contributed by atoms with Crippen LogP contribution in [0.1, 0.15) is 50.6 Å². The number of nitrogens with zero attached hydrogens (tertiary/aromatic N) is 1. The molecule has 2 N–H and O–H groups in total. The Morgan fingerprint density at radius 1 is 1.25 bits per heavy atom. The van der Waals surface area contributed by atoms with Crippen LogP contribution in [0.2, 0.25) is 0 Å². The summed E-state index contributed by atoms with van der Waals surface area (Å²) in [5.74, 6) is 0.861. The van der Waals surface area contributed by atoms with E-state index in [2.05, 4.69) is 10.6 Å². The summed E-state index contributed by atoms with van der Waals surface area (Å²) in [5.41, 5.74) is 0.0459. The molecule has 4 amide bonds. The van der Waals surface area contributed by atoms with Crippen molar-refractivity contribution in [3.8, 4) is 11.5 Å². The fraction of sp³-hybridized carbons (Fsp3) is 0.550. The fourth-order valence-electron chi connectivity index (χ4n) is 3.98. The van der Waals surface area contributed by atoms with Crippen LogP contribution in [-0.4, -0.2) is 49.0 Å². The highest BCUT2D eigenvalue weighted by Gasteiger charge is 2.52. The summed E-state index contributed by atoms with van der Waals surface area (Å²) >= 11 is 0. The molecule has 1 saturated heterocycles. The normalized spacial score (nSPS) is 18.9. The second-order valence-electron chi connectivity index (χ2n) is 7.32. The van der Waals surface area contributed by atoms with Gasteiger partial charge in [0.2, 0.25) is 5.91 Å². The van der Waals surface area contributed by atoms with Crippen LogP contribution < -0.4 is 20.1 Å². The number of urea groups is 1. The second-order valence-corrected chi connectivity index (χ2v) is 7.32. The average Bonchev–Trinajstić information content (AvgIpc) is 3.25. The van der Waals surface area contributed by atoms with Gasteiger partial charge in [-0.05, 0) is 38.0 Å². The number of hydrogen-bond donors (Lipinski definition) is 2. The molecule has 2 aliphatic rings. The molecule has 3 rings (SSSR count). The number of carbonyl (C=O) groups excluding carboxylic acids is 3. The zero-order valence-corrected chi connectivity index (χ0v) is 16.5. The quantitative estimate of drug-likeness (QED) is 0.697. The first kappa shape index (κ1) is 20.0. The third-order valence-corrected chi connectivity index (χ3v) is 5.55. The van der Waals surface area contributed by atoms with Crippen molar-refractivity contribution in [1.82, 2.24) is 15.5 Å². The molecule has 1 aromatic rings. The van der Waals surface area contributed by atoms with Crippen molar-refractivity contribution in [2.75, 3.05) is 20.8 Å². The Morgan fingerprint density at radius 2 is 1.96 bits per heavy atom. The van der Waals surface area contributed by atoms with Crippen LogP contribution in [0, 0.1) is 0 Å². The molecule has 152 valence electrons. The van der Waals surface area contributed by atoms with Gasteiger partial charge in [-0.1, -0.05) is 12.8 Å². The SMILES string of the molecule is COc1ccc(OC)c([C@H](C)NC(=O)CCN2C(=O)NC3(CCCC3)C2=O)c1. The first-order valence-corrected chi connectivity index (χ1v) is 9.55. The smallest absolute Gasteiger partial charge is 0.325 e. The first-order valence-electron chi connectivity index (χ1n) is 9.55. The van der Waals surface area contributed by atoms with Gasteiger partial charge < -0.3 is 20.1 Å². The zero-order valence-electron chi connectivity index (χ0n) is 16.5. The molecule has 28 heavy (non-hydrogen) atoms. The lowest BCUT2D eigenvalue weighted by molar-refractivity contribution is -0.131. The second kappa shape index (κ2) is 8.08. The first-order chi connectivity index (χ1) is 13.4.